The molecule has 5 heteroatoms. The Bertz CT molecular complexity index is 2720. The molecule has 0 fully saturated rings. The van der Waals surface area contributed by atoms with Crippen LogP contribution in [0, 0.1) is 0 Å². The summed E-state index contributed by atoms with van der Waals surface area (Å²) in [7, 11) is 0. The molecule has 0 atom stereocenters. The zero-order chi connectivity index (χ0) is 33.0. The van der Waals surface area contributed by atoms with Gasteiger partial charge in [-0.1, -0.05) is 133 Å². The third-order valence-electron chi connectivity index (χ3n) is 9.78. The van der Waals surface area contributed by atoms with Gasteiger partial charge in [0.2, 0.25) is 6.29 Å². The van der Waals surface area contributed by atoms with Crippen LogP contribution in [0.25, 0.3) is 60.4 Å². The molecule has 0 bridgehead atoms. The Labute approximate surface area is 289 Å². The Kier molecular flexibility index (Phi) is 6.49. The van der Waals surface area contributed by atoms with E-state index in [1.807, 2.05) is 36.4 Å². The SMILES string of the molecule is c1ccc(C2=NC(n3c4ccccc4c4ccc(-c5ccc6c(c5)c5ccccc5n6-c5ccccc5)cc43)N=C(c3ccccc3)N2)cc1. The van der Waals surface area contributed by atoms with Crippen LogP contribution in [0.4, 0.5) is 0 Å². The molecule has 0 spiro atoms. The van der Waals surface area contributed by atoms with E-state index >= 15 is 0 Å². The summed E-state index contributed by atoms with van der Waals surface area (Å²) in [6.07, 6.45) is -0.509. The summed E-state index contributed by atoms with van der Waals surface area (Å²) in [5.74, 6) is 1.60. The van der Waals surface area contributed by atoms with Crippen LogP contribution in [0.1, 0.15) is 17.4 Å². The highest BCUT2D eigenvalue weighted by molar-refractivity contribution is 6.16. The molecule has 0 saturated carbocycles. The third-order valence-corrected chi connectivity index (χ3v) is 9.78. The number of benzene rings is 7. The molecule has 2 aromatic heterocycles. The van der Waals surface area contributed by atoms with Crippen molar-refractivity contribution in [2.75, 3.05) is 0 Å². The molecule has 3 heterocycles. The normalized spacial score (nSPS) is 13.5. The quantitative estimate of drug-likeness (QED) is 0.200. The van der Waals surface area contributed by atoms with Crippen molar-refractivity contribution >= 4 is 55.3 Å². The van der Waals surface area contributed by atoms with Crippen molar-refractivity contribution in [3.63, 3.8) is 0 Å². The van der Waals surface area contributed by atoms with Crippen LogP contribution in [-0.4, -0.2) is 20.8 Å². The predicted octanol–water partition coefficient (Wildman–Crippen LogP) is 10.5. The lowest BCUT2D eigenvalue weighted by molar-refractivity contribution is 0.575. The predicted molar refractivity (Wildman–Crippen MR) is 207 cm³/mol. The van der Waals surface area contributed by atoms with E-state index in [4.69, 9.17) is 9.98 Å². The number of aromatic nitrogens is 2. The molecule has 9 aromatic rings. The minimum Gasteiger partial charge on any atom is -0.324 e. The van der Waals surface area contributed by atoms with Crippen molar-refractivity contribution in [3.8, 4) is 16.8 Å². The lowest BCUT2D eigenvalue weighted by Gasteiger charge is -2.24. The van der Waals surface area contributed by atoms with E-state index in [1.54, 1.807) is 0 Å². The lowest BCUT2D eigenvalue weighted by atomic mass is 10.0. The van der Waals surface area contributed by atoms with Crippen molar-refractivity contribution in [2.45, 2.75) is 6.29 Å². The van der Waals surface area contributed by atoms with E-state index in [9.17, 15) is 0 Å². The van der Waals surface area contributed by atoms with Gasteiger partial charge < -0.3 is 9.88 Å². The van der Waals surface area contributed by atoms with E-state index in [1.165, 1.54) is 38.1 Å². The van der Waals surface area contributed by atoms with Gasteiger partial charge in [0, 0.05) is 38.4 Å². The molecule has 236 valence electrons. The van der Waals surface area contributed by atoms with Gasteiger partial charge in [-0.25, -0.2) is 9.98 Å². The molecule has 10 rings (SSSR count). The van der Waals surface area contributed by atoms with Gasteiger partial charge in [0.1, 0.15) is 11.7 Å². The van der Waals surface area contributed by atoms with Crippen LogP contribution >= 0.6 is 0 Å². The summed E-state index contributed by atoms with van der Waals surface area (Å²) in [5.41, 5.74) is 10.1. The van der Waals surface area contributed by atoms with Crippen LogP contribution < -0.4 is 5.32 Å². The van der Waals surface area contributed by atoms with Crippen molar-refractivity contribution < 1.29 is 0 Å². The maximum Gasteiger partial charge on any atom is 0.224 e. The van der Waals surface area contributed by atoms with Gasteiger partial charge in [0.05, 0.1) is 22.1 Å². The maximum atomic E-state index is 5.26. The minimum atomic E-state index is -0.509. The lowest BCUT2D eigenvalue weighted by Crippen LogP contribution is -2.36. The number of fused-ring (bicyclic) bond motifs is 6. The van der Waals surface area contributed by atoms with Gasteiger partial charge in [-0.05, 0) is 53.6 Å². The first kappa shape index (κ1) is 28.3. The summed E-state index contributed by atoms with van der Waals surface area (Å²) < 4.78 is 4.65. The molecule has 1 aliphatic heterocycles. The largest absolute Gasteiger partial charge is 0.324 e. The van der Waals surface area contributed by atoms with Crippen molar-refractivity contribution in [1.29, 1.82) is 0 Å². The number of hydrogen-bond acceptors (Lipinski definition) is 3. The summed E-state index contributed by atoms with van der Waals surface area (Å²) in [4.78, 5) is 10.5. The molecule has 1 N–H and O–H groups in total. The van der Waals surface area contributed by atoms with Gasteiger partial charge in [-0.15, -0.1) is 0 Å². The Morgan fingerprint density at radius 3 is 1.56 bits per heavy atom. The van der Waals surface area contributed by atoms with E-state index in [0.29, 0.717) is 0 Å². The highest BCUT2D eigenvalue weighted by Gasteiger charge is 2.24. The topological polar surface area (TPSA) is 46.6 Å². The first-order valence-corrected chi connectivity index (χ1v) is 17.0. The fraction of sp³-hybridized carbons (Fsp3) is 0.0222. The monoisotopic (exact) mass is 641 g/mol. The summed E-state index contributed by atoms with van der Waals surface area (Å²) in [5, 5.41) is 8.37. The van der Waals surface area contributed by atoms with E-state index in [-0.39, 0.29) is 0 Å². The van der Waals surface area contributed by atoms with Gasteiger partial charge in [-0.3, -0.25) is 4.57 Å². The number of hydrogen-bond donors (Lipinski definition) is 1. The minimum absolute atomic E-state index is 0.509. The van der Waals surface area contributed by atoms with Crippen LogP contribution in [0.3, 0.4) is 0 Å². The molecule has 0 radical (unpaired) electrons. The molecule has 0 saturated heterocycles. The Balaban J connectivity index is 1.18. The second-order valence-corrected chi connectivity index (χ2v) is 12.7. The average molecular weight is 642 g/mol. The van der Waals surface area contributed by atoms with Crippen LogP contribution in [0.15, 0.2) is 186 Å². The van der Waals surface area contributed by atoms with Gasteiger partial charge in [0.15, 0.2) is 0 Å². The number of rotatable bonds is 5. The van der Waals surface area contributed by atoms with Crippen molar-refractivity contribution in [2.24, 2.45) is 9.98 Å². The number of aliphatic imine (C=N–C) groups is 2. The first-order chi connectivity index (χ1) is 24.8. The summed E-state index contributed by atoms with van der Waals surface area (Å²) in [6, 6.07) is 62.1. The highest BCUT2D eigenvalue weighted by Crippen LogP contribution is 2.39. The third kappa shape index (κ3) is 4.55. The molecule has 5 nitrogen and oxygen atoms in total. The molecular weight excluding hydrogens is 611 g/mol. The molecule has 0 amide bonds. The Hall–Kier alpha value is -6.72. The molecule has 50 heavy (non-hydrogen) atoms. The number of para-hydroxylation sites is 3. The van der Waals surface area contributed by atoms with Crippen LogP contribution in [0.5, 0.6) is 0 Å². The zero-order valence-electron chi connectivity index (χ0n) is 27.1. The van der Waals surface area contributed by atoms with Gasteiger partial charge >= 0.3 is 0 Å². The van der Waals surface area contributed by atoms with Crippen LogP contribution in [0.2, 0.25) is 0 Å². The van der Waals surface area contributed by atoms with Crippen molar-refractivity contribution in [3.05, 3.63) is 187 Å². The average Bonchev–Trinajstić information content (AvgIpc) is 3.71. The maximum absolute atomic E-state index is 5.26. The first-order valence-electron chi connectivity index (χ1n) is 17.0. The van der Waals surface area contributed by atoms with E-state index in [0.717, 1.165) is 45.1 Å². The number of nitrogens with zero attached hydrogens (tertiary/aromatic N) is 4. The van der Waals surface area contributed by atoms with E-state index < -0.39 is 6.29 Å². The van der Waals surface area contributed by atoms with Gasteiger partial charge in [0.25, 0.3) is 0 Å². The summed E-state index contributed by atoms with van der Waals surface area (Å²) in [6.45, 7) is 0. The van der Waals surface area contributed by atoms with Gasteiger partial charge in [-0.2, -0.15) is 0 Å². The second-order valence-electron chi connectivity index (χ2n) is 12.7. The standard InChI is InChI=1S/C45H31N5/c1-4-14-30(15-5-1)43-46-44(31-16-6-2-7-17-31)48-45(47-43)50-40-23-13-10-20-35(40)37-26-24-33(29-42(37)50)32-25-27-41-38(28-32)36-21-11-12-22-39(36)49(41)34-18-8-3-9-19-34/h1-29,45H,(H,46,47,48). The summed E-state index contributed by atoms with van der Waals surface area (Å²) >= 11 is 0. The zero-order valence-corrected chi connectivity index (χ0v) is 27.1. The van der Waals surface area contributed by atoms with Crippen molar-refractivity contribution in [1.82, 2.24) is 14.5 Å². The fourth-order valence-electron chi connectivity index (χ4n) is 7.47. The van der Waals surface area contributed by atoms with E-state index in [2.05, 4.69) is 154 Å². The Morgan fingerprint density at radius 1 is 0.380 bits per heavy atom. The Morgan fingerprint density at radius 2 is 0.880 bits per heavy atom. The molecule has 1 aliphatic rings. The number of amidine groups is 2. The fourth-order valence-corrected chi connectivity index (χ4v) is 7.47. The molecule has 0 unspecified atom stereocenters. The smallest absolute Gasteiger partial charge is 0.224 e. The highest BCUT2D eigenvalue weighted by atomic mass is 15.3. The van der Waals surface area contributed by atoms with Crippen LogP contribution in [-0.2, 0) is 0 Å². The molecule has 0 aliphatic carbocycles. The second kappa shape index (κ2) is 11.5. The molecule has 7 aromatic carbocycles. The molecular formula is C45H31N5. The number of nitrogens with one attached hydrogen (secondary N) is 1.